The lowest BCUT2D eigenvalue weighted by molar-refractivity contribution is -0.143. The molecule has 0 saturated carbocycles. The Labute approximate surface area is 140 Å². The van der Waals surface area contributed by atoms with Crippen molar-refractivity contribution in [3.63, 3.8) is 0 Å². The maximum atomic E-state index is 13.8. The van der Waals surface area contributed by atoms with Gasteiger partial charge in [-0.15, -0.1) is 0 Å². The van der Waals surface area contributed by atoms with Gasteiger partial charge in [0, 0.05) is 18.3 Å². The van der Waals surface area contributed by atoms with Crippen LogP contribution in [0.2, 0.25) is 0 Å². The Kier molecular flexibility index (Phi) is 5.68. The molecule has 0 bridgehead atoms. The predicted octanol–water partition coefficient (Wildman–Crippen LogP) is 3.16. The molecule has 25 heavy (non-hydrogen) atoms. The normalized spacial score (nSPS) is 12.4. The zero-order valence-corrected chi connectivity index (χ0v) is 13.3. The molecular formula is C16H13F3N2O4. The minimum atomic E-state index is -1.66. The molecule has 2 aromatic rings. The molecule has 0 N–H and O–H groups in total. The molecule has 0 saturated heterocycles. The summed E-state index contributed by atoms with van der Waals surface area (Å²) in [6, 6.07) is 2.04. The van der Waals surface area contributed by atoms with Crippen LogP contribution in [-0.4, -0.2) is 29.7 Å². The number of hydrogen-bond acceptors (Lipinski definition) is 6. The number of Topliss-reactive ketones (excluding diaryl/α,β-unsaturated/α-hetero) is 1. The van der Waals surface area contributed by atoms with Crippen molar-refractivity contribution < 1.29 is 32.0 Å². The number of nitrogens with zero attached hydrogens (tertiary/aromatic N) is 2. The number of aryl methyl sites for hydroxylation is 1. The molecule has 0 aliphatic rings. The molecule has 0 spiro atoms. The van der Waals surface area contributed by atoms with Crippen LogP contribution in [0.5, 0.6) is 0 Å². The standard InChI is InChI=1S/C16H13F3N2O4/c1-3-24-16(23)10(7-20-14-4-8(2)21-25-14)15(22)9-5-12(18)13(19)6-11(9)17/h4-7,10H,3H2,1-2H3. The Balaban J connectivity index is 2.37. The van der Waals surface area contributed by atoms with Crippen LogP contribution >= 0.6 is 0 Å². The van der Waals surface area contributed by atoms with Crippen molar-refractivity contribution >= 4 is 23.9 Å². The first-order chi connectivity index (χ1) is 11.8. The molecule has 2 rings (SSSR count). The van der Waals surface area contributed by atoms with Crippen molar-refractivity contribution in [3.8, 4) is 0 Å². The molecule has 0 amide bonds. The van der Waals surface area contributed by atoms with Gasteiger partial charge in [0.05, 0.1) is 17.9 Å². The second-order valence-corrected chi connectivity index (χ2v) is 4.92. The Morgan fingerprint density at radius 2 is 1.92 bits per heavy atom. The van der Waals surface area contributed by atoms with Crippen molar-refractivity contribution in [1.29, 1.82) is 0 Å². The molecule has 0 fully saturated rings. The first-order valence-electron chi connectivity index (χ1n) is 7.16. The van der Waals surface area contributed by atoms with Crippen LogP contribution in [0, 0.1) is 30.3 Å². The lowest BCUT2D eigenvalue weighted by Crippen LogP contribution is -2.28. The highest BCUT2D eigenvalue weighted by Gasteiger charge is 2.30. The molecule has 0 aliphatic carbocycles. The molecule has 1 atom stereocenters. The maximum Gasteiger partial charge on any atom is 0.322 e. The van der Waals surface area contributed by atoms with Gasteiger partial charge in [0.15, 0.2) is 23.3 Å². The lowest BCUT2D eigenvalue weighted by atomic mass is 9.98. The minimum Gasteiger partial charge on any atom is -0.465 e. The summed E-state index contributed by atoms with van der Waals surface area (Å²) in [6.45, 7) is 3.10. The quantitative estimate of drug-likeness (QED) is 0.262. The molecule has 1 unspecified atom stereocenters. The number of esters is 1. The van der Waals surface area contributed by atoms with E-state index in [-0.39, 0.29) is 18.6 Å². The minimum absolute atomic E-state index is 0.00496. The zero-order chi connectivity index (χ0) is 18.6. The number of carbonyl (C=O) groups is 2. The molecule has 9 heteroatoms. The fraction of sp³-hybridized carbons (Fsp3) is 0.250. The number of carbonyl (C=O) groups excluding carboxylic acids is 2. The van der Waals surface area contributed by atoms with Crippen LogP contribution in [0.15, 0.2) is 27.7 Å². The summed E-state index contributed by atoms with van der Waals surface area (Å²) < 4.78 is 49.7. The third kappa shape index (κ3) is 4.31. The fourth-order valence-corrected chi connectivity index (χ4v) is 1.91. The van der Waals surface area contributed by atoms with E-state index in [1.807, 2.05) is 0 Å². The smallest absolute Gasteiger partial charge is 0.322 e. The van der Waals surface area contributed by atoms with Crippen LogP contribution in [-0.2, 0) is 9.53 Å². The highest BCUT2D eigenvalue weighted by molar-refractivity contribution is 6.18. The topological polar surface area (TPSA) is 81.8 Å². The van der Waals surface area contributed by atoms with Gasteiger partial charge in [-0.3, -0.25) is 9.59 Å². The largest absolute Gasteiger partial charge is 0.465 e. The highest BCUT2D eigenvalue weighted by Crippen LogP contribution is 2.19. The summed E-state index contributed by atoms with van der Waals surface area (Å²) in [6.07, 6.45) is 0.876. The summed E-state index contributed by atoms with van der Waals surface area (Å²) in [5.41, 5.74) is -0.282. The average molecular weight is 354 g/mol. The predicted molar refractivity (Wildman–Crippen MR) is 80.2 cm³/mol. The lowest BCUT2D eigenvalue weighted by Gasteiger charge is -2.11. The molecule has 1 heterocycles. The number of ketones is 1. The van der Waals surface area contributed by atoms with Gasteiger partial charge < -0.3 is 9.26 Å². The third-order valence-corrected chi connectivity index (χ3v) is 3.06. The SMILES string of the molecule is CCOC(=O)C(C=Nc1cc(C)no1)C(=O)c1cc(F)c(F)cc1F. The van der Waals surface area contributed by atoms with E-state index < -0.39 is 40.7 Å². The van der Waals surface area contributed by atoms with Crippen LogP contribution in [0.1, 0.15) is 23.0 Å². The van der Waals surface area contributed by atoms with Crippen LogP contribution in [0.3, 0.4) is 0 Å². The molecule has 1 aromatic heterocycles. The number of rotatable bonds is 6. The van der Waals surface area contributed by atoms with Gasteiger partial charge in [-0.25, -0.2) is 18.2 Å². The van der Waals surface area contributed by atoms with Gasteiger partial charge >= 0.3 is 5.97 Å². The molecule has 1 aromatic carbocycles. The van der Waals surface area contributed by atoms with Gasteiger partial charge in [0.25, 0.3) is 0 Å². The number of aromatic nitrogens is 1. The van der Waals surface area contributed by atoms with E-state index in [0.717, 1.165) is 6.21 Å². The van der Waals surface area contributed by atoms with Gasteiger partial charge in [0.2, 0.25) is 5.88 Å². The van der Waals surface area contributed by atoms with E-state index in [1.165, 1.54) is 13.0 Å². The zero-order valence-electron chi connectivity index (χ0n) is 13.3. The van der Waals surface area contributed by atoms with Crippen molar-refractivity contribution in [1.82, 2.24) is 5.16 Å². The highest BCUT2D eigenvalue weighted by atomic mass is 19.2. The summed E-state index contributed by atoms with van der Waals surface area (Å²) in [5, 5.41) is 3.57. The average Bonchev–Trinajstić information content (AvgIpc) is 2.96. The van der Waals surface area contributed by atoms with Gasteiger partial charge in [-0.1, -0.05) is 5.16 Å². The Morgan fingerprint density at radius 1 is 1.24 bits per heavy atom. The van der Waals surface area contributed by atoms with Gasteiger partial charge in [-0.05, 0) is 19.9 Å². The molecular weight excluding hydrogens is 341 g/mol. The van der Waals surface area contributed by atoms with E-state index in [0.29, 0.717) is 11.8 Å². The van der Waals surface area contributed by atoms with E-state index in [9.17, 15) is 22.8 Å². The fourth-order valence-electron chi connectivity index (χ4n) is 1.91. The van der Waals surface area contributed by atoms with Crippen LogP contribution in [0.4, 0.5) is 19.1 Å². The van der Waals surface area contributed by atoms with Crippen LogP contribution < -0.4 is 0 Å². The molecule has 132 valence electrons. The number of hydrogen-bond donors (Lipinski definition) is 0. The first kappa shape index (κ1) is 18.4. The van der Waals surface area contributed by atoms with E-state index in [2.05, 4.69) is 10.1 Å². The monoisotopic (exact) mass is 354 g/mol. The Hall–Kier alpha value is -2.97. The maximum absolute atomic E-state index is 13.8. The second kappa shape index (κ2) is 7.73. The van der Waals surface area contributed by atoms with Crippen molar-refractivity contribution in [2.24, 2.45) is 10.9 Å². The Morgan fingerprint density at radius 3 is 2.52 bits per heavy atom. The van der Waals surface area contributed by atoms with Gasteiger partial charge in [0.1, 0.15) is 5.82 Å². The van der Waals surface area contributed by atoms with Crippen molar-refractivity contribution in [2.45, 2.75) is 13.8 Å². The summed E-state index contributed by atoms with van der Waals surface area (Å²) >= 11 is 0. The number of halogens is 3. The van der Waals surface area contributed by atoms with E-state index >= 15 is 0 Å². The number of ether oxygens (including phenoxy) is 1. The summed E-state index contributed by atoms with van der Waals surface area (Å²) in [4.78, 5) is 28.2. The van der Waals surface area contributed by atoms with Crippen LogP contribution in [0.25, 0.3) is 0 Å². The van der Waals surface area contributed by atoms with Crippen molar-refractivity contribution in [3.05, 3.63) is 46.9 Å². The Bertz CT molecular complexity index is 833. The number of aliphatic imine (C=N–C) groups is 1. The second-order valence-electron chi connectivity index (χ2n) is 4.92. The first-order valence-corrected chi connectivity index (χ1v) is 7.16. The molecule has 6 nitrogen and oxygen atoms in total. The van der Waals surface area contributed by atoms with E-state index in [4.69, 9.17) is 9.26 Å². The molecule has 0 aliphatic heterocycles. The third-order valence-electron chi connectivity index (χ3n) is 3.06. The summed E-state index contributed by atoms with van der Waals surface area (Å²) in [5.74, 6) is -7.98. The van der Waals surface area contributed by atoms with Crippen molar-refractivity contribution in [2.75, 3.05) is 6.61 Å². The number of benzene rings is 1. The molecule has 0 radical (unpaired) electrons. The summed E-state index contributed by atoms with van der Waals surface area (Å²) in [7, 11) is 0. The van der Waals surface area contributed by atoms with E-state index in [1.54, 1.807) is 6.92 Å². The van der Waals surface area contributed by atoms with Gasteiger partial charge in [-0.2, -0.15) is 0 Å².